The highest BCUT2D eigenvalue weighted by Crippen LogP contribution is 2.38. The van der Waals surface area contributed by atoms with E-state index in [-0.39, 0.29) is 4.90 Å². The zero-order valence-corrected chi connectivity index (χ0v) is 21.0. The molecule has 5 rings (SSSR count). The maximum Gasteiger partial charge on any atom is 0.261 e. The molecule has 7 nitrogen and oxygen atoms in total. The molecule has 0 spiro atoms. The van der Waals surface area contributed by atoms with E-state index in [2.05, 4.69) is 10.0 Å². The van der Waals surface area contributed by atoms with Gasteiger partial charge in [-0.2, -0.15) is 0 Å². The summed E-state index contributed by atoms with van der Waals surface area (Å²) in [5.41, 5.74) is 3.46. The molecule has 2 N–H and O–H groups in total. The van der Waals surface area contributed by atoms with E-state index in [1.54, 1.807) is 18.2 Å². The lowest BCUT2D eigenvalue weighted by Crippen LogP contribution is -2.21. The third kappa shape index (κ3) is 6.22. The highest BCUT2D eigenvalue weighted by atomic mass is 32.2. The van der Waals surface area contributed by atoms with Crippen molar-refractivity contribution >= 4 is 15.7 Å². The molecule has 0 saturated carbocycles. The van der Waals surface area contributed by atoms with Crippen molar-refractivity contribution in [3.8, 4) is 28.4 Å². The zero-order chi connectivity index (χ0) is 25.5. The molecule has 1 heterocycles. The van der Waals surface area contributed by atoms with Gasteiger partial charge >= 0.3 is 0 Å². The monoisotopic (exact) mass is 516 g/mol. The molecule has 0 bridgehead atoms. The van der Waals surface area contributed by atoms with Gasteiger partial charge in [-0.25, -0.2) is 8.42 Å². The SMILES string of the molecule is O=S(=O)(Nc1cccc(CNCCOc2cccc3c2OCCO3)c1)c1ccc(-c2ccccc2)cc1. The smallest absolute Gasteiger partial charge is 0.261 e. The van der Waals surface area contributed by atoms with Crippen molar-refractivity contribution in [3.05, 3.63) is 103 Å². The minimum absolute atomic E-state index is 0.213. The van der Waals surface area contributed by atoms with Gasteiger partial charge in [0.25, 0.3) is 10.0 Å². The summed E-state index contributed by atoms with van der Waals surface area (Å²) in [5.74, 6) is 2.00. The lowest BCUT2D eigenvalue weighted by molar-refractivity contribution is 0.162. The second-order valence-electron chi connectivity index (χ2n) is 8.50. The van der Waals surface area contributed by atoms with Gasteiger partial charge in [0.05, 0.1) is 4.90 Å². The van der Waals surface area contributed by atoms with Gasteiger partial charge in [-0.3, -0.25) is 4.72 Å². The highest BCUT2D eigenvalue weighted by molar-refractivity contribution is 7.92. The summed E-state index contributed by atoms with van der Waals surface area (Å²) in [4.78, 5) is 0.213. The molecular formula is C29H28N2O5S. The molecule has 0 atom stereocenters. The summed E-state index contributed by atoms with van der Waals surface area (Å²) in [6.45, 7) is 2.66. The van der Waals surface area contributed by atoms with Crippen molar-refractivity contribution in [3.63, 3.8) is 0 Å². The van der Waals surface area contributed by atoms with Gasteiger partial charge in [0.15, 0.2) is 11.5 Å². The van der Waals surface area contributed by atoms with Crippen LogP contribution in [0.5, 0.6) is 17.2 Å². The lowest BCUT2D eigenvalue weighted by Gasteiger charge is -2.20. The quantitative estimate of drug-likeness (QED) is 0.286. The number of hydrogen-bond acceptors (Lipinski definition) is 6. The molecule has 4 aromatic rings. The Balaban J connectivity index is 1.14. The number of anilines is 1. The maximum atomic E-state index is 12.9. The molecule has 0 saturated heterocycles. The highest BCUT2D eigenvalue weighted by Gasteiger charge is 2.17. The van der Waals surface area contributed by atoms with Crippen LogP contribution in [0.1, 0.15) is 5.56 Å². The number of benzene rings is 4. The van der Waals surface area contributed by atoms with Crippen molar-refractivity contribution < 1.29 is 22.6 Å². The summed E-state index contributed by atoms with van der Waals surface area (Å²) >= 11 is 0. The Hall–Kier alpha value is -4.01. The lowest BCUT2D eigenvalue weighted by atomic mass is 10.1. The third-order valence-corrected chi connectivity index (χ3v) is 7.24. The standard InChI is InChI=1S/C29H28N2O5S/c32-37(33,26-14-12-24(13-15-26)23-7-2-1-3-8-23)31-25-9-4-6-22(20-25)21-30-16-17-34-27-10-5-11-28-29(27)36-19-18-35-28/h1-15,20,30-31H,16-19,21H2. The van der Waals surface area contributed by atoms with Gasteiger partial charge in [0.2, 0.25) is 5.75 Å². The number of sulfonamides is 1. The Morgan fingerprint density at radius 2 is 1.54 bits per heavy atom. The van der Waals surface area contributed by atoms with E-state index in [1.165, 1.54) is 0 Å². The van der Waals surface area contributed by atoms with Gasteiger partial charge in [-0.1, -0.05) is 60.7 Å². The van der Waals surface area contributed by atoms with Crippen LogP contribution >= 0.6 is 0 Å². The van der Waals surface area contributed by atoms with E-state index in [4.69, 9.17) is 14.2 Å². The molecule has 0 radical (unpaired) electrons. The fourth-order valence-electron chi connectivity index (χ4n) is 4.04. The Morgan fingerprint density at radius 1 is 0.784 bits per heavy atom. The molecule has 1 aliphatic heterocycles. The Bertz CT molecular complexity index is 1440. The first-order chi connectivity index (χ1) is 18.1. The first-order valence-electron chi connectivity index (χ1n) is 12.1. The van der Waals surface area contributed by atoms with Crippen molar-refractivity contribution in [1.82, 2.24) is 5.32 Å². The van der Waals surface area contributed by atoms with E-state index >= 15 is 0 Å². The fourth-order valence-corrected chi connectivity index (χ4v) is 5.09. The number of nitrogens with one attached hydrogen (secondary N) is 2. The summed E-state index contributed by atoms with van der Waals surface area (Å²) < 4.78 is 45.7. The van der Waals surface area contributed by atoms with Crippen LogP contribution in [0.2, 0.25) is 0 Å². The van der Waals surface area contributed by atoms with E-state index in [9.17, 15) is 8.42 Å². The minimum Gasteiger partial charge on any atom is -0.488 e. The third-order valence-electron chi connectivity index (χ3n) is 5.85. The number of rotatable bonds is 10. The van der Waals surface area contributed by atoms with Crippen molar-refractivity contribution in [2.75, 3.05) is 31.1 Å². The van der Waals surface area contributed by atoms with Crippen molar-refractivity contribution in [2.45, 2.75) is 11.4 Å². The second-order valence-corrected chi connectivity index (χ2v) is 10.2. The van der Waals surface area contributed by atoms with E-state index in [0.29, 0.717) is 55.8 Å². The molecule has 8 heteroatoms. The van der Waals surface area contributed by atoms with Crippen LogP contribution in [0.4, 0.5) is 5.69 Å². The van der Waals surface area contributed by atoms with Crippen molar-refractivity contribution in [1.29, 1.82) is 0 Å². The van der Waals surface area contributed by atoms with Gasteiger partial charge in [-0.05, 0) is 53.1 Å². The molecule has 0 fully saturated rings. The van der Waals surface area contributed by atoms with Crippen LogP contribution in [0, 0.1) is 0 Å². The van der Waals surface area contributed by atoms with Gasteiger partial charge in [0, 0.05) is 18.8 Å². The number of fused-ring (bicyclic) bond motifs is 1. The Labute approximate surface area is 217 Å². The van der Waals surface area contributed by atoms with Crippen LogP contribution in [-0.2, 0) is 16.6 Å². The summed E-state index contributed by atoms with van der Waals surface area (Å²) in [6, 6.07) is 29.7. The van der Waals surface area contributed by atoms with Crippen LogP contribution in [-0.4, -0.2) is 34.8 Å². The average Bonchev–Trinajstić information content (AvgIpc) is 2.93. The van der Waals surface area contributed by atoms with E-state index in [1.807, 2.05) is 78.9 Å². The summed E-state index contributed by atoms with van der Waals surface area (Å²) in [5, 5.41) is 3.32. The largest absolute Gasteiger partial charge is 0.488 e. The first kappa shape index (κ1) is 24.7. The fraction of sp³-hybridized carbons (Fsp3) is 0.172. The van der Waals surface area contributed by atoms with Crippen LogP contribution in [0.25, 0.3) is 11.1 Å². The number of para-hydroxylation sites is 1. The maximum absolute atomic E-state index is 12.9. The summed E-state index contributed by atoms with van der Waals surface area (Å²) in [6.07, 6.45) is 0. The predicted molar refractivity (Wildman–Crippen MR) is 144 cm³/mol. The molecule has 0 aromatic heterocycles. The molecular weight excluding hydrogens is 488 g/mol. The van der Waals surface area contributed by atoms with Gasteiger partial charge in [0.1, 0.15) is 19.8 Å². The molecule has 0 aliphatic carbocycles. The van der Waals surface area contributed by atoms with E-state index < -0.39 is 10.0 Å². The molecule has 0 unspecified atom stereocenters. The normalized spacial score (nSPS) is 12.6. The minimum atomic E-state index is -3.71. The topological polar surface area (TPSA) is 85.9 Å². The average molecular weight is 517 g/mol. The van der Waals surface area contributed by atoms with Gasteiger partial charge < -0.3 is 19.5 Å². The Morgan fingerprint density at radius 3 is 2.38 bits per heavy atom. The second kappa shape index (κ2) is 11.4. The molecule has 37 heavy (non-hydrogen) atoms. The van der Waals surface area contributed by atoms with Crippen LogP contribution in [0.15, 0.2) is 102 Å². The zero-order valence-electron chi connectivity index (χ0n) is 20.2. The molecule has 0 amide bonds. The first-order valence-corrected chi connectivity index (χ1v) is 13.6. The van der Waals surface area contributed by atoms with Crippen LogP contribution < -0.4 is 24.2 Å². The molecule has 190 valence electrons. The number of ether oxygens (including phenoxy) is 3. The predicted octanol–water partition coefficient (Wildman–Crippen LogP) is 5.09. The molecule has 1 aliphatic rings. The van der Waals surface area contributed by atoms with Crippen LogP contribution in [0.3, 0.4) is 0 Å². The number of hydrogen-bond donors (Lipinski definition) is 2. The Kier molecular flexibility index (Phi) is 7.58. The van der Waals surface area contributed by atoms with E-state index in [0.717, 1.165) is 16.7 Å². The van der Waals surface area contributed by atoms with Gasteiger partial charge in [-0.15, -0.1) is 0 Å². The van der Waals surface area contributed by atoms with Crippen molar-refractivity contribution in [2.24, 2.45) is 0 Å². The molecule has 4 aromatic carbocycles. The summed E-state index contributed by atoms with van der Waals surface area (Å²) in [7, 11) is -3.71.